The fourth-order valence-electron chi connectivity index (χ4n) is 1.43. The molecule has 0 amide bonds. The SMILES string of the molecule is Cc1ccc(N)c(-c2cc(Cl)sc2Cl)c1. The van der Waals surface area contributed by atoms with Crippen LogP contribution in [0.1, 0.15) is 5.56 Å². The summed E-state index contributed by atoms with van der Waals surface area (Å²) in [7, 11) is 0. The fraction of sp³-hybridized carbons (Fsp3) is 0.0909. The van der Waals surface area contributed by atoms with Crippen molar-refractivity contribution >= 4 is 40.2 Å². The molecule has 1 aromatic heterocycles. The summed E-state index contributed by atoms with van der Waals surface area (Å²) in [4.78, 5) is 0. The maximum absolute atomic E-state index is 6.08. The molecule has 2 aromatic rings. The molecular formula is C11H9Cl2NS. The zero-order valence-corrected chi connectivity index (χ0v) is 10.4. The van der Waals surface area contributed by atoms with E-state index < -0.39 is 0 Å². The Morgan fingerprint density at radius 1 is 1.13 bits per heavy atom. The van der Waals surface area contributed by atoms with E-state index in [1.165, 1.54) is 11.3 Å². The van der Waals surface area contributed by atoms with Crippen LogP contribution in [-0.2, 0) is 0 Å². The number of hydrogen-bond acceptors (Lipinski definition) is 2. The van der Waals surface area contributed by atoms with Crippen molar-refractivity contribution in [1.82, 2.24) is 0 Å². The molecule has 0 bridgehead atoms. The highest BCUT2D eigenvalue weighted by Gasteiger charge is 2.10. The van der Waals surface area contributed by atoms with Gasteiger partial charge in [0.1, 0.15) is 4.34 Å². The largest absolute Gasteiger partial charge is 0.398 e. The Morgan fingerprint density at radius 2 is 1.87 bits per heavy atom. The van der Waals surface area contributed by atoms with Gasteiger partial charge in [-0.1, -0.05) is 34.8 Å². The van der Waals surface area contributed by atoms with Crippen LogP contribution in [0, 0.1) is 6.92 Å². The maximum Gasteiger partial charge on any atom is 0.102 e. The summed E-state index contributed by atoms with van der Waals surface area (Å²) >= 11 is 13.3. The summed E-state index contributed by atoms with van der Waals surface area (Å²) in [5, 5.41) is 0. The molecular weight excluding hydrogens is 249 g/mol. The van der Waals surface area contributed by atoms with Gasteiger partial charge >= 0.3 is 0 Å². The number of halogens is 2. The summed E-state index contributed by atoms with van der Waals surface area (Å²) in [5.74, 6) is 0. The Bertz CT molecular complexity index is 505. The van der Waals surface area contributed by atoms with Gasteiger partial charge in [-0.15, -0.1) is 11.3 Å². The van der Waals surface area contributed by atoms with Gasteiger partial charge in [-0.3, -0.25) is 0 Å². The van der Waals surface area contributed by atoms with E-state index in [4.69, 9.17) is 28.9 Å². The highest BCUT2D eigenvalue weighted by molar-refractivity contribution is 7.20. The van der Waals surface area contributed by atoms with Crippen LogP contribution in [0.5, 0.6) is 0 Å². The van der Waals surface area contributed by atoms with E-state index in [-0.39, 0.29) is 0 Å². The van der Waals surface area contributed by atoms with Crippen molar-refractivity contribution in [2.24, 2.45) is 0 Å². The number of aryl methyl sites for hydroxylation is 1. The molecule has 0 saturated heterocycles. The van der Waals surface area contributed by atoms with Crippen molar-refractivity contribution in [3.63, 3.8) is 0 Å². The first kappa shape index (κ1) is 10.8. The minimum Gasteiger partial charge on any atom is -0.398 e. The molecule has 0 radical (unpaired) electrons. The van der Waals surface area contributed by atoms with Crippen LogP contribution in [-0.4, -0.2) is 0 Å². The number of nitrogen functional groups attached to an aromatic ring is 1. The van der Waals surface area contributed by atoms with E-state index in [1.807, 2.05) is 31.2 Å². The zero-order valence-electron chi connectivity index (χ0n) is 8.05. The maximum atomic E-state index is 6.08. The quantitative estimate of drug-likeness (QED) is 0.742. The second-order valence-corrected chi connectivity index (χ2v) is 5.61. The van der Waals surface area contributed by atoms with E-state index in [9.17, 15) is 0 Å². The predicted molar refractivity (Wildman–Crippen MR) is 68.9 cm³/mol. The first-order valence-corrected chi connectivity index (χ1v) is 5.96. The molecule has 0 unspecified atom stereocenters. The van der Waals surface area contributed by atoms with Gasteiger partial charge in [0.05, 0.1) is 4.34 Å². The average molecular weight is 258 g/mol. The van der Waals surface area contributed by atoms with Crippen molar-refractivity contribution < 1.29 is 0 Å². The topological polar surface area (TPSA) is 26.0 Å². The van der Waals surface area contributed by atoms with Gasteiger partial charge in [0.25, 0.3) is 0 Å². The molecule has 2 N–H and O–H groups in total. The average Bonchev–Trinajstić information content (AvgIpc) is 2.50. The molecule has 1 heterocycles. The number of benzene rings is 1. The van der Waals surface area contributed by atoms with Gasteiger partial charge < -0.3 is 5.73 Å². The van der Waals surface area contributed by atoms with Crippen molar-refractivity contribution in [1.29, 1.82) is 0 Å². The number of nitrogens with two attached hydrogens (primary N) is 1. The van der Waals surface area contributed by atoms with Crippen molar-refractivity contribution in [2.45, 2.75) is 6.92 Å². The third kappa shape index (κ3) is 2.12. The van der Waals surface area contributed by atoms with Crippen LogP contribution in [0.4, 0.5) is 5.69 Å². The summed E-state index contributed by atoms with van der Waals surface area (Å²) in [5.41, 5.74) is 9.63. The van der Waals surface area contributed by atoms with Gasteiger partial charge in [-0.2, -0.15) is 0 Å². The van der Waals surface area contributed by atoms with Gasteiger partial charge in [0, 0.05) is 16.8 Å². The van der Waals surface area contributed by atoms with Gasteiger partial charge in [0.15, 0.2) is 0 Å². The fourth-order valence-corrected chi connectivity index (χ4v) is 2.92. The second-order valence-electron chi connectivity index (χ2n) is 3.33. The lowest BCUT2D eigenvalue weighted by atomic mass is 10.0. The Labute approximate surface area is 102 Å². The highest BCUT2D eigenvalue weighted by Crippen LogP contribution is 2.40. The number of thiophene rings is 1. The van der Waals surface area contributed by atoms with Crippen LogP contribution in [0.2, 0.25) is 8.67 Å². The first-order chi connectivity index (χ1) is 7.08. The molecule has 0 atom stereocenters. The molecule has 0 aliphatic carbocycles. The third-order valence-electron chi connectivity index (χ3n) is 2.16. The summed E-state index contributed by atoms with van der Waals surface area (Å²) in [6, 6.07) is 7.71. The highest BCUT2D eigenvalue weighted by atomic mass is 35.5. The molecule has 1 aromatic carbocycles. The van der Waals surface area contributed by atoms with E-state index in [1.54, 1.807) is 0 Å². The Morgan fingerprint density at radius 3 is 2.47 bits per heavy atom. The van der Waals surface area contributed by atoms with Crippen LogP contribution in [0.25, 0.3) is 11.1 Å². The minimum atomic E-state index is 0.677. The molecule has 0 fully saturated rings. The van der Waals surface area contributed by atoms with Crippen molar-refractivity contribution in [2.75, 3.05) is 5.73 Å². The first-order valence-electron chi connectivity index (χ1n) is 4.39. The number of hydrogen-bond donors (Lipinski definition) is 1. The van der Waals surface area contributed by atoms with E-state index in [2.05, 4.69) is 0 Å². The van der Waals surface area contributed by atoms with Gasteiger partial charge in [0.2, 0.25) is 0 Å². The van der Waals surface area contributed by atoms with E-state index in [0.29, 0.717) is 8.67 Å². The number of rotatable bonds is 1. The van der Waals surface area contributed by atoms with Gasteiger partial charge in [-0.25, -0.2) is 0 Å². The van der Waals surface area contributed by atoms with Gasteiger partial charge in [-0.05, 0) is 25.1 Å². The monoisotopic (exact) mass is 257 g/mol. The van der Waals surface area contributed by atoms with Crippen LogP contribution < -0.4 is 5.73 Å². The van der Waals surface area contributed by atoms with E-state index >= 15 is 0 Å². The molecule has 0 aliphatic rings. The lowest BCUT2D eigenvalue weighted by molar-refractivity contribution is 1.47. The van der Waals surface area contributed by atoms with Crippen molar-refractivity contribution in [3.05, 3.63) is 38.5 Å². The third-order valence-corrected chi connectivity index (χ3v) is 3.64. The van der Waals surface area contributed by atoms with Crippen molar-refractivity contribution in [3.8, 4) is 11.1 Å². The molecule has 0 aliphatic heterocycles. The summed E-state index contributed by atoms with van der Waals surface area (Å²) in [6.45, 7) is 2.02. The zero-order chi connectivity index (χ0) is 11.0. The molecule has 0 spiro atoms. The van der Waals surface area contributed by atoms with E-state index in [0.717, 1.165) is 22.4 Å². The lowest BCUT2D eigenvalue weighted by Crippen LogP contribution is -1.89. The molecule has 78 valence electrons. The standard InChI is InChI=1S/C11H9Cl2NS/c1-6-2-3-9(14)7(4-6)8-5-10(12)15-11(8)13/h2-5H,14H2,1H3. The Balaban J connectivity index is 2.62. The summed E-state index contributed by atoms with van der Waals surface area (Å²) < 4.78 is 1.35. The van der Waals surface area contributed by atoms with Crippen LogP contribution in [0.3, 0.4) is 0 Å². The molecule has 0 saturated carbocycles. The molecule has 15 heavy (non-hydrogen) atoms. The summed E-state index contributed by atoms with van der Waals surface area (Å²) in [6.07, 6.45) is 0. The minimum absolute atomic E-state index is 0.677. The smallest absolute Gasteiger partial charge is 0.102 e. The predicted octanol–water partition coefficient (Wildman–Crippen LogP) is 4.61. The Kier molecular flexibility index (Phi) is 2.91. The van der Waals surface area contributed by atoms with Crippen LogP contribution >= 0.6 is 34.5 Å². The van der Waals surface area contributed by atoms with Crippen LogP contribution in [0.15, 0.2) is 24.3 Å². The molecule has 4 heteroatoms. The molecule has 2 rings (SSSR count). The Hall–Kier alpha value is -0.700. The lowest BCUT2D eigenvalue weighted by Gasteiger charge is -2.05. The molecule has 1 nitrogen and oxygen atoms in total. The number of anilines is 1. The normalized spacial score (nSPS) is 10.6. The second kappa shape index (κ2) is 4.05.